The molecular weight excluding hydrogens is 483 g/mol. The molecule has 27 heavy (non-hydrogen) atoms. The lowest BCUT2D eigenvalue weighted by atomic mass is 10.1. The molecule has 0 bridgehead atoms. The molecule has 2 N–H and O–H groups in total. The van der Waals surface area contributed by atoms with E-state index in [9.17, 15) is 8.42 Å². The van der Waals surface area contributed by atoms with Crippen LogP contribution in [0.1, 0.15) is 13.8 Å². The van der Waals surface area contributed by atoms with E-state index in [1.54, 1.807) is 28.0 Å². The Labute approximate surface area is 179 Å². The van der Waals surface area contributed by atoms with Gasteiger partial charge >= 0.3 is 0 Å². The number of hydrogen-bond donors (Lipinski definition) is 2. The Morgan fingerprint density at radius 2 is 1.78 bits per heavy atom. The molecule has 0 aliphatic heterocycles. The van der Waals surface area contributed by atoms with Crippen molar-refractivity contribution in [3.05, 3.63) is 24.3 Å². The molecule has 8 nitrogen and oxygen atoms in total. The van der Waals surface area contributed by atoms with E-state index in [2.05, 4.69) is 15.0 Å². The fraction of sp³-hybridized carbons (Fsp3) is 0.588. The van der Waals surface area contributed by atoms with Gasteiger partial charge in [-0.2, -0.15) is 0 Å². The molecule has 0 aliphatic carbocycles. The second-order valence-electron chi connectivity index (χ2n) is 6.60. The van der Waals surface area contributed by atoms with Crippen molar-refractivity contribution in [3.63, 3.8) is 0 Å². The van der Waals surface area contributed by atoms with E-state index in [1.165, 1.54) is 0 Å². The van der Waals surface area contributed by atoms with Crippen LogP contribution < -0.4 is 19.5 Å². The van der Waals surface area contributed by atoms with Crippen molar-refractivity contribution >= 4 is 40.0 Å². The molecule has 0 heterocycles. The first-order valence-corrected chi connectivity index (χ1v) is 10.1. The van der Waals surface area contributed by atoms with Crippen molar-refractivity contribution in [1.82, 2.24) is 14.9 Å². The maximum Gasteiger partial charge on any atom is 0.209 e. The molecule has 1 aromatic rings. The van der Waals surface area contributed by atoms with Crippen LogP contribution >= 0.6 is 24.0 Å². The van der Waals surface area contributed by atoms with Crippen molar-refractivity contribution < 1.29 is 17.9 Å². The Morgan fingerprint density at radius 1 is 1.22 bits per heavy atom. The number of rotatable bonds is 9. The second kappa shape index (κ2) is 11.5. The molecule has 0 atom stereocenters. The average Bonchev–Trinajstić information content (AvgIpc) is 2.53. The predicted octanol–water partition coefficient (Wildman–Crippen LogP) is 1.53. The van der Waals surface area contributed by atoms with Crippen molar-refractivity contribution in [1.29, 1.82) is 0 Å². The van der Waals surface area contributed by atoms with E-state index in [0.717, 1.165) is 17.8 Å². The summed E-state index contributed by atoms with van der Waals surface area (Å²) >= 11 is 0. The SMILES string of the molecule is CN=C(NCC(C)(C)NS(C)(=O)=O)N(C)CCOc1ccc(OC)cc1.I. The number of hydrogen-bond acceptors (Lipinski definition) is 5. The zero-order valence-corrected chi connectivity index (χ0v) is 19.9. The Hall–Kier alpha value is -1.27. The van der Waals surface area contributed by atoms with Crippen molar-refractivity contribution in [2.75, 3.05) is 47.2 Å². The average molecular weight is 514 g/mol. The van der Waals surface area contributed by atoms with Crippen LogP contribution in [0.15, 0.2) is 29.3 Å². The summed E-state index contributed by atoms with van der Waals surface area (Å²) in [6.45, 7) is 5.11. The van der Waals surface area contributed by atoms with Crippen LogP contribution in [0.5, 0.6) is 11.5 Å². The van der Waals surface area contributed by atoms with E-state index in [1.807, 2.05) is 36.2 Å². The van der Waals surface area contributed by atoms with Crippen LogP contribution in [-0.2, 0) is 10.0 Å². The number of likely N-dealkylation sites (N-methyl/N-ethyl adjacent to an activating group) is 1. The third kappa shape index (κ3) is 10.6. The summed E-state index contributed by atoms with van der Waals surface area (Å²) in [6, 6.07) is 7.39. The van der Waals surface area contributed by atoms with Gasteiger partial charge in [-0.3, -0.25) is 4.99 Å². The molecule has 156 valence electrons. The fourth-order valence-corrected chi connectivity index (χ4v) is 3.38. The van der Waals surface area contributed by atoms with Gasteiger partial charge in [-0.05, 0) is 38.1 Å². The highest BCUT2D eigenvalue weighted by Crippen LogP contribution is 2.16. The van der Waals surface area contributed by atoms with Crippen molar-refractivity contribution in [3.8, 4) is 11.5 Å². The molecule has 0 aliphatic rings. The van der Waals surface area contributed by atoms with Gasteiger partial charge in [0.2, 0.25) is 10.0 Å². The lowest BCUT2D eigenvalue weighted by molar-refractivity contribution is 0.280. The molecule has 0 fully saturated rings. The Morgan fingerprint density at radius 3 is 2.26 bits per heavy atom. The predicted molar refractivity (Wildman–Crippen MR) is 120 cm³/mol. The van der Waals surface area contributed by atoms with E-state index in [0.29, 0.717) is 25.7 Å². The zero-order chi connectivity index (χ0) is 19.8. The number of nitrogens with zero attached hydrogens (tertiary/aromatic N) is 2. The van der Waals surface area contributed by atoms with Gasteiger partial charge in [-0.15, -0.1) is 24.0 Å². The van der Waals surface area contributed by atoms with Crippen LogP contribution in [0.3, 0.4) is 0 Å². The molecule has 0 radical (unpaired) electrons. The van der Waals surface area contributed by atoms with E-state index in [4.69, 9.17) is 9.47 Å². The minimum atomic E-state index is -3.28. The summed E-state index contributed by atoms with van der Waals surface area (Å²) in [4.78, 5) is 6.13. The summed E-state index contributed by atoms with van der Waals surface area (Å²) in [5.74, 6) is 2.21. The first-order valence-electron chi connectivity index (χ1n) is 8.24. The highest BCUT2D eigenvalue weighted by Gasteiger charge is 2.22. The number of sulfonamides is 1. The Balaban J connectivity index is 0.00000676. The number of benzene rings is 1. The topological polar surface area (TPSA) is 92.3 Å². The van der Waals surface area contributed by atoms with Crippen molar-refractivity contribution in [2.45, 2.75) is 19.4 Å². The smallest absolute Gasteiger partial charge is 0.209 e. The lowest BCUT2D eigenvalue weighted by Crippen LogP contribution is -2.53. The van der Waals surface area contributed by atoms with E-state index < -0.39 is 15.6 Å². The number of aliphatic imine (C=N–C) groups is 1. The van der Waals surface area contributed by atoms with Gasteiger partial charge in [0.25, 0.3) is 0 Å². The van der Waals surface area contributed by atoms with Crippen LogP contribution in [-0.4, -0.2) is 72.0 Å². The fourth-order valence-electron chi connectivity index (χ4n) is 2.30. The van der Waals surface area contributed by atoms with Gasteiger partial charge in [0, 0.05) is 26.2 Å². The van der Waals surface area contributed by atoms with Crippen molar-refractivity contribution in [2.24, 2.45) is 4.99 Å². The molecule has 0 amide bonds. The van der Waals surface area contributed by atoms with Gasteiger partial charge in [0.1, 0.15) is 18.1 Å². The van der Waals surface area contributed by atoms with Crippen LogP contribution in [0.4, 0.5) is 0 Å². The summed E-state index contributed by atoms with van der Waals surface area (Å²) in [6.07, 6.45) is 1.15. The Bertz CT molecular complexity index is 693. The number of nitrogens with one attached hydrogen (secondary N) is 2. The molecular formula is C17H31IN4O4S. The quantitative estimate of drug-likeness (QED) is 0.295. The van der Waals surface area contributed by atoms with Crippen LogP contribution in [0.2, 0.25) is 0 Å². The van der Waals surface area contributed by atoms with E-state index >= 15 is 0 Å². The van der Waals surface area contributed by atoms with Gasteiger partial charge in [0.05, 0.1) is 19.9 Å². The maximum atomic E-state index is 11.4. The molecule has 0 saturated heterocycles. The first-order chi connectivity index (χ1) is 12.1. The molecule has 0 unspecified atom stereocenters. The number of methoxy groups -OCH3 is 1. The number of ether oxygens (including phenoxy) is 2. The second-order valence-corrected chi connectivity index (χ2v) is 8.35. The summed E-state index contributed by atoms with van der Waals surface area (Å²) in [5.41, 5.74) is -0.635. The Kier molecular flexibility index (Phi) is 11.0. The third-order valence-electron chi connectivity index (χ3n) is 3.48. The molecule has 1 rings (SSSR count). The molecule has 0 saturated carbocycles. The van der Waals surface area contributed by atoms with Crippen LogP contribution in [0.25, 0.3) is 0 Å². The largest absolute Gasteiger partial charge is 0.497 e. The number of guanidine groups is 1. The van der Waals surface area contributed by atoms with Gasteiger partial charge in [-0.25, -0.2) is 13.1 Å². The van der Waals surface area contributed by atoms with E-state index in [-0.39, 0.29) is 24.0 Å². The standard InChI is InChI=1S/C17H30N4O4S.HI/c1-17(2,20-26(6,22)23)13-19-16(18-3)21(4)11-12-25-15-9-7-14(24-5)8-10-15;/h7-10,20H,11-13H2,1-6H3,(H,18,19);1H. The normalized spacial score (nSPS) is 12.1. The first kappa shape index (κ1) is 25.7. The monoisotopic (exact) mass is 514 g/mol. The molecule has 1 aromatic carbocycles. The minimum Gasteiger partial charge on any atom is -0.497 e. The highest BCUT2D eigenvalue weighted by molar-refractivity contribution is 14.0. The van der Waals surface area contributed by atoms with Gasteiger partial charge in [0.15, 0.2) is 5.96 Å². The number of halogens is 1. The maximum absolute atomic E-state index is 11.4. The van der Waals surface area contributed by atoms with Gasteiger partial charge < -0.3 is 19.7 Å². The summed E-state index contributed by atoms with van der Waals surface area (Å²) in [7, 11) is 1.92. The minimum absolute atomic E-state index is 0. The van der Waals surface area contributed by atoms with Gasteiger partial charge in [-0.1, -0.05) is 0 Å². The molecule has 10 heteroatoms. The van der Waals surface area contributed by atoms with Crippen LogP contribution in [0, 0.1) is 0 Å². The summed E-state index contributed by atoms with van der Waals surface area (Å²) < 4.78 is 36.2. The third-order valence-corrected chi connectivity index (χ3v) is 4.40. The highest BCUT2D eigenvalue weighted by atomic mass is 127. The molecule has 0 aromatic heterocycles. The lowest BCUT2D eigenvalue weighted by Gasteiger charge is -2.29. The summed E-state index contributed by atoms with van der Waals surface area (Å²) in [5, 5.41) is 3.17. The zero-order valence-electron chi connectivity index (χ0n) is 16.8. The molecule has 0 spiro atoms.